The zero-order chi connectivity index (χ0) is 19.2. The summed E-state index contributed by atoms with van der Waals surface area (Å²) in [7, 11) is 0. The topological polar surface area (TPSA) is 127 Å². The number of nitrogens with one attached hydrogen (secondary N) is 1. The molecule has 2 aromatic heterocycles. The minimum Gasteiger partial charge on any atom is -0.508 e. The fourth-order valence-electron chi connectivity index (χ4n) is 2.81. The number of benzene rings is 1. The highest BCUT2D eigenvalue weighted by atomic mass is 16.3. The smallest absolute Gasteiger partial charge is 0.255 e. The number of nitrogens with two attached hydrogens (primary N) is 1. The fourth-order valence-corrected chi connectivity index (χ4v) is 2.81. The van der Waals surface area contributed by atoms with Crippen LogP contribution in [0.3, 0.4) is 0 Å². The van der Waals surface area contributed by atoms with Gasteiger partial charge < -0.3 is 10.8 Å². The quantitative estimate of drug-likeness (QED) is 0.660. The average Bonchev–Trinajstić information content (AvgIpc) is 2.95. The number of carbonyl (C=O) groups is 1. The van der Waals surface area contributed by atoms with Gasteiger partial charge in [0.2, 0.25) is 11.9 Å². The number of aromatic hydroxyl groups is 1. The molecule has 3 aromatic rings. The highest BCUT2D eigenvalue weighted by Gasteiger charge is 2.21. The Labute approximate surface area is 149 Å². The second-order valence-corrected chi connectivity index (χ2v) is 6.18. The number of aromatic nitrogens is 4. The van der Waals surface area contributed by atoms with Crippen LogP contribution in [0.2, 0.25) is 0 Å². The number of phenolic OH excluding ortho intramolecular Hbond substituents is 1. The Bertz CT molecular complexity index is 1090. The maximum absolute atomic E-state index is 12.1. The number of amides is 1. The zero-order valence-corrected chi connectivity index (χ0v) is 14.9. The first-order chi connectivity index (χ1) is 12.2. The molecule has 1 aromatic carbocycles. The summed E-state index contributed by atoms with van der Waals surface area (Å²) < 4.78 is 1.44. The molecule has 1 amide bonds. The molecule has 0 unspecified atom stereocenters. The lowest BCUT2D eigenvalue weighted by Crippen LogP contribution is -2.19. The van der Waals surface area contributed by atoms with Gasteiger partial charge in [0.1, 0.15) is 5.75 Å². The molecule has 8 heteroatoms. The lowest BCUT2D eigenvalue weighted by atomic mass is 9.97. The van der Waals surface area contributed by atoms with Crippen molar-refractivity contribution in [2.45, 2.75) is 27.7 Å². The summed E-state index contributed by atoms with van der Waals surface area (Å²) >= 11 is 0. The second-order valence-electron chi connectivity index (χ2n) is 6.18. The summed E-state index contributed by atoms with van der Waals surface area (Å²) in [5.74, 6) is -0.383. The number of hydrogen-bond donors (Lipinski definition) is 3. The van der Waals surface area contributed by atoms with Crippen LogP contribution >= 0.6 is 0 Å². The Kier molecular flexibility index (Phi) is 4.11. The van der Waals surface area contributed by atoms with Gasteiger partial charge in [0.05, 0.1) is 11.4 Å². The van der Waals surface area contributed by atoms with Crippen molar-refractivity contribution < 1.29 is 9.90 Å². The van der Waals surface area contributed by atoms with Crippen LogP contribution in [0.1, 0.15) is 32.9 Å². The Morgan fingerprint density at radius 2 is 1.88 bits per heavy atom. The van der Waals surface area contributed by atoms with Crippen molar-refractivity contribution in [3.8, 4) is 23.0 Å². The molecule has 3 rings (SSSR count). The first kappa shape index (κ1) is 17.4. The van der Waals surface area contributed by atoms with E-state index in [1.54, 1.807) is 33.8 Å². The number of aryl methyl sites for hydroxylation is 2. The average molecular weight is 353 g/mol. The van der Waals surface area contributed by atoms with Crippen molar-refractivity contribution in [2.24, 2.45) is 5.73 Å². The number of nitrogens with zero attached hydrogens (tertiary/aromatic N) is 3. The molecule has 0 aliphatic carbocycles. The summed E-state index contributed by atoms with van der Waals surface area (Å²) in [5, 5.41) is 14.5. The molecular formula is C18H19N5O3. The molecule has 0 spiro atoms. The van der Waals surface area contributed by atoms with Crippen LogP contribution in [0.25, 0.3) is 17.2 Å². The molecule has 0 aliphatic heterocycles. The molecule has 0 aliphatic rings. The van der Waals surface area contributed by atoms with Crippen molar-refractivity contribution in [1.29, 1.82) is 0 Å². The van der Waals surface area contributed by atoms with Gasteiger partial charge in [-0.25, -0.2) is 4.98 Å². The Morgan fingerprint density at radius 1 is 1.19 bits per heavy atom. The van der Waals surface area contributed by atoms with Crippen LogP contribution in [0, 0.1) is 27.7 Å². The van der Waals surface area contributed by atoms with Crippen LogP contribution in [0.15, 0.2) is 23.0 Å². The molecule has 0 saturated carbocycles. The monoisotopic (exact) mass is 353 g/mol. The number of carbonyl (C=O) groups excluding carboxylic acids is 1. The van der Waals surface area contributed by atoms with Crippen LogP contribution < -0.4 is 11.3 Å². The van der Waals surface area contributed by atoms with Crippen LogP contribution in [0.4, 0.5) is 0 Å². The van der Waals surface area contributed by atoms with Crippen molar-refractivity contribution in [1.82, 2.24) is 19.7 Å². The number of H-pyrrole nitrogens is 1. The number of aromatic amines is 1. The number of primary amides is 1. The predicted octanol–water partition coefficient (Wildman–Crippen LogP) is 1.66. The normalized spacial score (nSPS) is 10.9. The molecule has 0 atom stereocenters. The predicted molar refractivity (Wildman–Crippen MR) is 96.5 cm³/mol. The third-order valence-corrected chi connectivity index (χ3v) is 4.37. The molecule has 8 nitrogen and oxygen atoms in total. The van der Waals surface area contributed by atoms with E-state index >= 15 is 0 Å². The fraction of sp³-hybridized carbons (Fsp3) is 0.222. The van der Waals surface area contributed by atoms with E-state index in [2.05, 4.69) is 15.1 Å². The first-order valence-corrected chi connectivity index (χ1v) is 7.98. The third kappa shape index (κ3) is 2.75. The SMILES string of the molecule is Cc1cc(-c2c(C(N)=O)ccc(O)c2C)n(-c2nc(C)c(C)c(=O)[nH]2)n1. The minimum absolute atomic E-state index is 0.0249. The van der Waals surface area contributed by atoms with Gasteiger partial charge in [-0.15, -0.1) is 0 Å². The molecule has 0 radical (unpaired) electrons. The lowest BCUT2D eigenvalue weighted by molar-refractivity contribution is 0.100. The van der Waals surface area contributed by atoms with Crippen molar-refractivity contribution >= 4 is 5.91 Å². The Morgan fingerprint density at radius 3 is 2.50 bits per heavy atom. The first-order valence-electron chi connectivity index (χ1n) is 7.98. The largest absolute Gasteiger partial charge is 0.508 e. The van der Waals surface area contributed by atoms with E-state index in [1.165, 1.54) is 16.8 Å². The van der Waals surface area contributed by atoms with E-state index in [-0.39, 0.29) is 22.8 Å². The molecule has 0 bridgehead atoms. The van der Waals surface area contributed by atoms with Crippen LogP contribution in [-0.2, 0) is 0 Å². The summed E-state index contributed by atoms with van der Waals surface area (Å²) in [6.45, 7) is 6.88. The molecule has 2 heterocycles. The summed E-state index contributed by atoms with van der Waals surface area (Å²) in [4.78, 5) is 31.1. The van der Waals surface area contributed by atoms with E-state index in [0.29, 0.717) is 33.8 Å². The summed E-state index contributed by atoms with van der Waals surface area (Å²) in [6, 6.07) is 4.62. The Hall–Kier alpha value is -3.42. The molecule has 26 heavy (non-hydrogen) atoms. The Balaban J connectivity index is 2.36. The highest BCUT2D eigenvalue weighted by Crippen LogP contribution is 2.34. The van der Waals surface area contributed by atoms with Gasteiger partial charge >= 0.3 is 0 Å². The van der Waals surface area contributed by atoms with E-state index in [0.717, 1.165) is 0 Å². The maximum atomic E-state index is 12.1. The van der Waals surface area contributed by atoms with Crippen molar-refractivity contribution in [2.75, 3.05) is 0 Å². The summed E-state index contributed by atoms with van der Waals surface area (Å²) in [6.07, 6.45) is 0. The number of hydrogen-bond acceptors (Lipinski definition) is 5. The van der Waals surface area contributed by atoms with E-state index in [9.17, 15) is 14.7 Å². The van der Waals surface area contributed by atoms with Crippen molar-refractivity contribution in [3.05, 3.63) is 56.6 Å². The van der Waals surface area contributed by atoms with Crippen molar-refractivity contribution in [3.63, 3.8) is 0 Å². The van der Waals surface area contributed by atoms with E-state index < -0.39 is 5.91 Å². The number of rotatable bonds is 3. The van der Waals surface area contributed by atoms with Gasteiger partial charge in [-0.3, -0.25) is 14.6 Å². The summed E-state index contributed by atoms with van der Waals surface area (Å²) in [5.41, 5.74) is 8.65. The molecule has 0 saturated heterocycles. The van der Waals surface area contributed by atoms with Crippen LogP contribution in [0.5, 0.6) is 5.75 Å². The standard InChI is InChI=1S/C18H19N5O3/c1-8-7-13(15-10(3)14(24)6-5-12(15)16(19)25)23(22-8)18-20-11(4)9(2)17(26)21-18/h5-7,24H,1-4H3,(H2,19,25)(H,20,21,26). The van der Waals surface area contributed by atoms with Gasteiger partial charge in [-0.05, 0) is 45.9 Å². The van der Waals surface area contributed by atoms with Gasteiger partial charge in [-0.2, -0.15) is 9.78 Å². The maximum Gasteiger partial charge on any atom is 0.255 e. The second kappa shape index (κ2) is 6.14. The zero-order valence-electron chi connectivity index (χ0n) is 14.9. The van der Waals surface area contributed by atoms with Crippen LogP contribution in [-0.4, -0.2) is 30.8 Å². The highest BCUT2D eigenvalue weighted by molar-refractivity contribution is 6.00. The molecule has 134 valence electrons. The molecular weight excluding hydrogens is 334 g/mol. The minimum atomic E-state index is -0.630. The third-order valence-electron chi connectivity index (χ3n) is 4.37. The van der Waals surface area contributed by atoms with Gasteiger partial charge in [0, 0.05) is 27.9 Å². The molecule has 4 N–H and O–H groups in total. The van der Waals surface area contributed by atoms with Gasteiger partial charge in [0.25, 0.3) is 5.56 Å². The van der Waals surface area contributed by atoms with E-state index in [4.69, 9.17) is 5.73 Å². The lowest BCUT2D eigenvalue weighted by Gasteiger charge is -2.14. The number of phenols is 1. The molecule has 0 fully saturated rings. The van der Waals surface area contributed by atoms with Gasteiger partial charge in [-0.1, -0.05) is 0 Å². The van der Waals surface area contributed by atoms with E-state index in [1.807, 2.05) is 0 Å². The van der Waals surface area contributed by atoms with Gasteiger partial charge in [0.15, 0.2) is 0 Å².